The van der Waals surface area contributed by atoms with Gasteiger partial charge < -0.3 is 20.3 Å². The average molecular weight is 446 g/mol. The van der Waals surface area contributed by atoms with E-state index in [1.165, 1.54) is 17.0 Å². The highest BCUT2D eigenvalue weighted by molar-refractivity contribution is 5.90. The van der Waals surface area contributed by atoms with Crippen LogP contribution in [0.1, 0.15) is 24.2 Å². The summed E-state index contributed by atoms with van der Waals surface area (Å²) in [5.74, 6) is -0.497. The number of hydrogen-bond acceptors (Lipinski definition) is 3. The number of rotatable bonds is 4. The third-order valence-electron chi connectivity index (χ3n) is 5.73. The first kappa shape index (κ1) is 21.7. The molecule has 1 atom stereocenters. The largest absolute Gasteiger partial charge is 0.481 e. The number of aromatic amines is 1. The van der Waals surface area contributed by atoms with Gasteiger partial charge in [0.1, 0.15) is 5.82 Å². The maximum Gasteiger partial charge on any atom is 0.416 e. The number of carboxylic acid groups (broad SMARTS) is 1. The van der Waals surface area contributed by atoms with Gasteiger partial charge in [0.05, 0.1) is 22.0 Å². The van der Waals surface area contributed by atoms with E-state index in [0.29, 0.717) is 25.2 Å². The second-order valence-electron chi connectivity index (χ2n) is 7.99. The number of anilines is 1. The van der Waals surface area contributed by atoms with Crippen molar-refractivity contribution in [3.05, 3.63) is 59.9 Å². The first-order valence-electron chi connectivity index (χ1n) is 10.1. The lowest BCUT2D eigenvalue weighted by Gasteiger charge is -2.39. The number of aliphatic carboxylic acids is 1. The summed E-state index contributed by atoms with van der Waals surface area (Å²) in [5, 5.41) is 12.6. The molecule has 32 heavy (non-hydrogen) atoms. The summed E-state index contributed by atoms with van der Waals surface area (Å²) in [6, 6.07) is 10.9. The molecule has 7 nitrogen and oxygen atoms in total. The number of nitrogens with one attached hydrogen (secondary N) is 2. The number of imidazole rings is 1. The number of H-pyrrole nitrogens is 1. The van der Waals surface area contributed by atoms with Crippen LogP contribution in [0.4, 0.5) is 23.7 Å². The van der Waals surface area contributed by atoms with Gasteiger partial charge in [-0.3, -0.25) is 4.79 Å². The third-order valence-corrected chi connectivity index (χ3v) is 5.73. The van der Waals surface area contributed by atoms with Gasteiger partial charge in [0.25, 0.3) is 0 Å². The van der Waals surface area contributed by atoms with E-state index >= 15 is 0 Å². The van der Waals surface area contributed by atoms with E-state index in [1.54, 1.807) is 0 Å². The molecule has 1 aromatic heterocycles. The molecule has 1 aliphatic heterocycles. The van der Waals surface area contributed by atoms with Gasteiger partial charge in [-0.05, 0) is 49.2 Å². The summed E-state index contributed by atoms with van der Waals surface area (Å²) in [5.41, 5.74) is -0.300. The van der Waals surface area contributed by atoms with E-state index in [0.717, 1.165) is 23.2 Å². The summed E-state index contributed by atoms with van der Waals surface area (Å²) in [4.78, 5) is 34.0. The minimum absolute atomic E-state index is 0.0359. The number of alkyl halides is 3. The average Bonchev–Trinajstić information content (AvgIpc) is 3.15. The Hall–Kier alpha value is -3.56. The Balaban J connectivity index is 1.49. The maximum absolute atomic E-state index is 12.7. The number of fused-ring (bicyclic) bond motifs is 1. The molecule has 0 aliphatic carbocycles. The lowest BCUT2D eigenvalue weighted by molar-refractivity contribution is -0.151. The SMILES string of the molecule is O=C(Nc1ccc(C(F)(F)F)cc1)N1CCCC(Cc2nc3ccccc3[nH]2)(C(=O)O)C1. The van der Waals surface area contributed by atoms with E-state index in [1.807, 2.05) is 24.3 Å². The number of benzene rings is 2. The van der Waals surface area contributed by atoms with Crippen LogP contribution in [0.3, 0.4) is 0 Å². The molecule has 1 saturated heterocycles. The summed E-state index contributed by atoms with van der Waals surface area (Å²) in [6.45, 7) is 0.313. The molecule has 2 aromatic carbocycles. The molecule has 1 fully saturated rings. The van der Waals surface area contributed by atoms with Crippen LogP contribution in [-0.2, 0) is 17.4 Å². The minimum Gasteiger partial charge on any atom is -0.481 e. The van der Waals surface area contributed by atoms with Crippen molar-refractivity contribution in [1.29, 1.82) is 0 Å². The number of para-hydroxylation sites is 2. The number of halogens is 3. The summed E-state index contributed by atoms with van der Waals surface area (Å²) >= 11 is 0. The highest BCUT2D eigenvalue weighted by Gasteiger charge is 2.44. The Morgan fingerprint density at radius 1 is 1.16 bits per heavy atom. The van der Waals surface area contributed by atoms with E-state index in [4.69, 9.17) is 0 Å². The van der Waals surface area contributed by atoms with Crippen molar-refractivity contribution in [1.82, 2.24) is 14.9 Å². The van der Waals surface area contributed by atoms with Crippen LogP contribution in [0.15, 0.2) is 48.5 Å². The topological polar surface area (TPSA) is 98.3 Å². The molecule has 168 valence electrons. The van der Waals surface area contributed by atoms with Crippen LogP contribution in [0.2, 0.25) is 0 Å². The lowest BCUT2D eigenvalue weighted by Crippen LogP contribution is -2.52. The highest BCUT2D eigenvalue weighted by Crippen LogP contribution is 2.35. The van der Waals surface area contributed by atoms with Gasteiger partial charge in [-0.25, -0.2) is 9.78 Å². The Bertz CT molecular complexity index is 1110. The minimum atomic E-state index is -4.47. The zero-order valence-electron chi connectivity index (χ0n) is 16.9. The molecule has 10 heteroatoms. The van der Waals surface area contributed by atoms with E-state index in [2.05, 4.69) is 15.3 Å². The number of carboxylic acids is 1. The normalized spacial score (nSPS) is 19.2. The molecule has 0 saturated carbocycles. The molecular weight excluding hydrogens is 425 g/mol. The summed E-state index contributed by atoms with van der Waals surface area (Å²) < 4.78 is 38.2. The van der Waals surface area contributed by atoms with E-state index in [9.17, 15) is 27.9 Å². The Kier molecular flexibility index (Phi) is 5.53. The highest BCUT2D eigenvalue weighted by atomic mass is 19.4. The molecule has 3 aromatic rings. The fourth-order valence-corrected chi connectivity index (χ4v) is 4.05. The van der Waals surface area contributed by atoms with Crippen LogP contribution >= 0.6 is 0 Å². The van der Waals surface area contributed by atoms with Crippen molar-refractivity contribution in [2.24, 2.45) is 5.41 Å². The number of hydrogen-bond donors (Lipinski definition) is 3. The number of carbonyl (C=O) groups is 2. The Labute approximate surface area is 181 Å². The molecular formula is C22H21F3N4O3. The molecule has 3 N–H and O–H groups in total. The molecule has 1 unspecified atom stereocenters. The number of likely N-dealkylation sites (tertiary alicyclic amines) is 1. The zero-order chi connectivity index (χ0) is 22.9. The predicted molar refractivity (Wildman–Crippen MR) is 111 cm³/mol. The van der Waals surface area contributed by atoms with Crippen LogP contribution < -0.4 is 5.32 Å². The maximum atomic E-state index is 12.7. The number of urea groups is 1. The molecule has 2 heterocycles. The molecule has 4 rings (SSSR count). The quantitative estimate of drug-likeness (QED) is 0.549. The van der Waals surface area contributed by atoms with Gasteiger partial charge in [-0.1, -0.05) is 12.1 Å². The molecule has 0 bridgehead atoms. The second-order valence-corrected chi connectivity index (χ2v) is 7.99. The number of nitrogens with zero attached hydrogens (tertiary/aromatic N) is 2. The number of aromatic nitrogens is 2. The number of piperidine rings is 1. The molecule has 1 aliphatic rings. The van der Waals surface area contributed by atoms with Crippen molar-refractivity contribution in [2.45, 2.75) is 25.4 Å². The van der Waals surface area contributed by atoms with E-state index < -0.39 is 29.2 Å². The zero-order valence-corrected chi connectivity index (χ0v) is 16.9. The Morgan fingerprint density at radius 3 is 2.53 bits per heavy atom. The van der Waals surface area contributed by atoms with Crippen molar-refractivity contribution < 1.29 is 27.9 Å². The van der Waals surface area contributed by atoms with Crippen molar-refractivity contribution in [2.75, 3.05) is 18.4 Å². The fraction of sp³-hybridized carbons (Fsp3) is 0.318. The van der Waals surface area contributed by atoms with Gasteiger partial charge in [0.2, 0.25) is 0 Å². The first-order chi connectivity index (χ1) is 15.2. The summed E-state index contributed by atoms with van der Waals surface area (Å²) in [6.07, 6.45) is -3.48. The lowest BCUT2D eigenvalue weighted by atomic mass is 9.77. The monoisotopic (exact) mass is 446 g/mol. The van der Waals surface area contributed by atoms with Gasteiger partial charge in [0, 0.05) is 25.2 Å². The van der Waals surface area contributed by atoms with Crippen molar-refractivity contribution in [3.63, 3.8) is 0 Å². The third kappa shape index (κ3) is 4.39. The second kappa shape index (κ2) is 8.18. The fourth-order valence-electron chi connectivity index (χ4n) is 4.05. The summed E-state index contributed by atoms with van der Waals surface area (Å²) in [7, 11) is 0. The van der Waals surface area contributed by atoms with Crippen LogP contribution in [0.25, 0.3) is 11.0 Å². The van der Waals surface area contributed by atoms with Crippen LogP contribution in [0, 0.1) is 5.41 Å². The Morgan fingerprint density at radius 2 is 1.88 bits per heavy atom. The van der Waals surface area contributed by atoms with Gasteiger partial charge in [0.15, 0.2) is 0 Å². The smallest absolute Gasteiger partial charge is 0.416 e. The van der Waals surface area contributed by atoms with Gasteiger partial charge >= 0.3 is 18.2 Å². The molecule has 0 radical (unpaired) electrons. The number of amides is 2. The van der Waals surface area contributed by atoms with Crippen LogP contribution in [-0.4, -0.2) is 45.1 Å². The van der Waals surface area contributed by atoms with Gasteiger partial charge in [-0.2, -0.15) is 13.2 Å². The standard InChI is InChI=1S/C22H21F3N4O3/c23-22(24,25)14-6-8-15(9-7-14)26-20(32)29-11-3-10-21(13-29,19(30)31)12-18-27-16-4-1-2-5-17(16)28-18/h1-2,4-9H,3,10-13H2,(H,26,32)(H,27,28)(H,30,31). The molecule has 0 spiro atoms. The predicted octanol–water partition coefficient (Wildman–Crippen LogP) is 4.52. The van der Waals surface area contributed by atoms with E-state index in [-0.39, 0.29) is 18.7 Å². The van der Waals surface area contributed by atoms with Crippen LogP contribution in [0.5, 0.6) is 0 Å². The van der Waals surface area contributed by atoms with Crippen molar-refractivity contribution in [3.8, 4) is 0 Å². The van der Waals surface area contributed by atoms with Crippen molar-refractivity contribution >= 4 is 28.7 Å². The van der Waals surface area contributed by atoms with Gasteiger partial charge in [-0.15, -0.1) is 0 Å². The molecule has 2 amide bonds. The number of carbonyl (C=O) groups excluding carboxylic acids is 1. The first-order valence-corrected chi connectivity index (χ1v) is 10.1.